The molecule has 2 amide bonds. The second-order valence-electron chi connectivity index (χ2n) is 8.32. The Kier molecular flexibility index (Phi) is 7.16. The fourth-order valence-corrected chi connectivity index (χ4v) is 5.87. The molecule has 0 N–H and O–H groups in total. The number of carbonyl (C=O) groups excluding carboxylic acids is 2. The molecule has 1 fully saturated rings. The number of halogens is 1. The lowest BCUT2D eigenvalue weighted by atomic mass is 10.1. The van der Waals surface area contributed by atoms with Gasteiger partial charge in [-0.15, -0.1) is 0 Å². The molecule has 0 saturated carbocycles. The zero-order chi connectivity index (χ0) is 26.9. The minimum atomic E-state index is -4.25. The number of rotatable bonds is 7. The van der Waals surface area contributed by atoms with Crippen molar-refractivity contribution in [3.63, 3.8) is 0 Å². The summed E-state index contributed by atoms with van der Waals surface area (Å²) in [5.41, 5.74) is 1.07. The van der Waals surface area contributed by atoms with Gasteiger partial charge in [0.2, 0.25) is 0 Å². The number of hydrogen-bond donors (Lipinski definition) is 0. The number of thioether (sulfide) groups is 1. The van der Waals surface area contributed by atoms with Crippen molar-refractivity contribution in [3.05, 3.63) is 106 Å². The molecule has 7 nitrogen and oxygen atoms in total. The van der Waals surface area contributed by atoms with Crippen LogP contribution in [0.15, 0.2) is 94.7 Å². The van der Waals surface area contributed by atoms with Crippen molar-refractivity contribution < 1.29 is 26.9 Å². The van der Waals surface area contributed by atoms with Gasteiger partial charge in [-0.05, 0) is 70.6 Å². The molecule has 1 aliphatic rings. The van der Waals surface area contributed by atoms with Gasteiger partial charge in [0.1, 0.15) is 4.90 Å². The Morgan fingerprint density at radius 1 is 0.921 bits per heavy atom. The molecule has 1 aliphatic heterocycles. The summed E-state index contributed by atoms with van der Waals surface area (Å²) < 4.78 is 36.7. The Morgan fingerprint density at radius 2 is 1.66 bits per heavy atom. The zero-order valence-corrected chi connectivity index (χ0v) is 22.3. The number of carbonyl (C=O) groups is 2. The number of amides is 2. The fourth-order valence-electron chi connectivity index (χ4n) is 3.95. The minimum Gasteiger partial charge on any atom is -0.493 e. The van der Waals surface area contributed by atoms with E-state index >= 15 is 0 Å². The first kappa shape index (κ1) is 25.8. The van der Waals surface area contributed by atoms with E-state index in [2.05, 4.69) is 0 Å². The van der Waals surface area contributed by atoms with Gasteiger partial charge in [0, 0.05) is 10.6 Å². The molecule has 0 aliphatic carbocycles. The largest absolute Gasteiger partial charge is 0.493 e. The highest BCUT2D eigenvalue weighted by molar-refractivity contribution is 8.18. The summed E-state index contributed by atoms with van der Waals surface area (Å²) in [6.45, 7) is 0.110. The molecule has 192 valence electrons. The van der Waals surface area contributed by atoms with E-state index in [1.165, 1.54) is 43.5 Å². The molecule has 0 atom stereocenters. The van der Waals surface area contributed by atoms with Gasteiger partial charge in [-0.1, -0.05) is 60.1 Å². The predicted molar refractivity (Wildman–Crippen MR) is 148 cm³/mol. The summed E-state index contributed by atoms with van der Waals surface area (Å²) in [4.78, 5) is 27.2. The third-order valence-electron chi connectivity index (χ3n) is 5.84. The summed E-state index contributed by atoms with van der Waals surface area (Å²) in [6.07, 6.45) is 1.43. The molecule has 4 aromatic carbocycles. The maximum Gasteiger partial charge on any atom is 0.339 e. The van der Waals surface area contributed by atoms with Crippen LogP contribution in [0.1, 0.15) is 11.1 Å². The molecule has 1 saturated heterocycles. The summed E-state index contributed by atoms with van der Waals surface area (Å²) in [5, 5.41) is 2.02. The number of benzene rings is 4. The molecule has 0 unspecified atom stereocenters. The number of hydrogen-bond acceptors (Lipinski definition) is 7. The van der Waals surface area contributed by atoms with Crippen LogP contribution < -0.4 is 8.92 Å². The Hall–Kier alpha value is -3.79. The lowest BCUT2D eigenvalue weighted by Gasteiger charge is -2.14. The molecule has 0 spiro atoms. The number of fused-ring (bicyclic) bond motifs is 1. The first-order chi connectivity index (χ1) is 18.2. The van der Waals surface area contributed by atoms with Gasteiger partial charge in [0.05, 0.1) is 18.6 Å². The molecule has 5 rings (SSSR count). The Labute approximate surface area is 228 Å². The van der Waals surface area contributed by atoms with Crippen LogP contribution in [-0.2, 0) is 21.5 Å². The lowest BCUT2D eigenvalue weighted by molar-refractivity contribution is -0.123. The maximum atomic E-state index is 13.2. The molecule has 38 heavy (non-hydrogen) atoms. The highest BCUT2D eigenvalue weighted by atomic mass is 35.5. The van der Waals surface area contributed by atoms with Crippen LogP contribution in [0.25, 0.3) is 16.8 Å². The average Bonchev–Trinajstić information content (AvgIpc) is 3.17. The molecular weight excluding hydrogens is 546 g/mol. The standard InChI is InChI=1S/C28H20ClNO6S2/c1-35-24-8-4-7-21(26(24)36-38(33,34)23-13-11-22(29)12-14-23)16-25-27(31)30(28(32)37-25)17-18-9-10-19-5-2-3-6-20(19)15-18/h2-16H,17H2,1H3/b25-16-. The van der Waals surface area contributed by atoms with Crippen LogP contribution >= 0.6 is 23.4 Å². The van der Waals surface area contributed by atoms with E-state index in [0.29, 0.717) is 5.02 Å². The Balaban J connectivity index is 1.44. The van der Waals surface area contributed by atoms with E-state index in [0.717, 1.165) is 33.0 Å². The molecule has 0 bridgehead atoms. The van der Waals surface area contributed by atoms with E-state index in [9.17, 15) is 18.0 Å². The minimum absolute atomic E-state index is 0.102. The molecule has 4 aromatic rings. The first-order valence-electron chi connectivity index (χ1n) is 11.4. The molecule has 10 heteroatoms. The number of ether oxygens (including phenoxy) is 1. The normalized spacial score (nSPS) is 14.9. The highest BCUT2D eigenvalue weighted by Gasteiger charge is 2.35. The van der Waals surface area contributed by atoms with Gasteiger partial charge >= 0.3 is 10.1 Å². The van der Waals surface area contributed by atoms with Crippen LogP contribution in [0, 0.1) is 0 Å². The van der Waals surface area contributed by atoms with E-state index in [1.54, 1.807) is 12.1 Å². The van der Waals surface area contributed by atoms with Gasteiger partial charge in [-0.3, -0.25) is 14.5 Å². The smallest absolute Gasteiger partial charge is 0.339 e. The quantitative estimate of drug-likeness (QED) is 0.186. The fraction of sp³-hybridized carbons (Fsp3) is 0.0714. The number of imide groups is 1. The average molecular weight is 566 g/mol. The zero-order valence-electron chi connectivity index (χ0n) is 20.0. The second-order valence-corrected chi connectivity index (χ2v) is 11.3. The van der Waals surface area contributed by atoms with Gasteiger partial charge in [-0.2, -0.15) is 8.42 Å². The van der Waals surface area contributed by atoms with Crippen LogP contribution in [-0.4, -0.2) is 31.6 Å². The van der Waals surface area contributed by atoms with E-state index < -0.39 is 21.3 Å². The maximum absolute atomic E-state index is 13.2. The number of para-hydroxylation sites is 1. The summed E-state index contributed by atoms with van der Waals surface area (Å²) in [7, 11) is -2.88. The topological polar surface area (TPSA) is 90.0 Å². The summed E-state index contributed by atoms with van der Waals surface area (Å²) >= 11 is 6.65. The highest BCUT2D eigenvalue weighted by Crippen LogP contribution is 2.39. The molecular formula is C28H20ClNO6S2. The van der Waals surface area contributed by atoms with Crippen LogP contribution in [0.2, 0.25) is 5.02 Å². The SMILES string of the molecule is COc1cccc(/C=C2\SC(=O)N(Cc3ccc4ccccc4c3)C2=O)c1OS(=O)(=O)c1ccc(Cl)cc1. The van der Waals surface area contributed by atoms with Crippen LogP contribution in [0.4, 0.5) is 4.79 Å². The third-order valence-corrected chi connectivity index (χ3v) is 8.23. The van der Waals surface area contributed by atoms with E-state index in [-0.39, 0.29) is 33.4 Å². The van der Waals surface area contributed by atoms with Gasteiger partial charge in [0.25, 0.3) is 11.1 Å². The van der Waals surface area contributed by atoms with Crippen molar-refractivity contribution in [1.82, 2.24) is 4.90 Å². The van der Waals surface area contributed by atoms with E-state index in [4.69, 9.17) is 20.5 Å². The van der Waals surface area contributed by atoms with Gasteiger partial charge in [-0.25, -0.2) is 0 Å². The van der Waals surface area contributed by atoms with Crippen molar-refractivity contribution in [3.8, 4) is 11.5 Å². The van der Waals surface area contributed by atoms with Crippen molar-refractivity contribution in [2.45, 2.75) is 11.4 Å². The monoisotopic (exact) mass is 565 g/mol. The Morgan fingerprint density at radius 3 is 2.39 bits per heavy atom. The summed E-state index contributed by atoms with van der Waals surface area (Å²) in [5.74, 6) is -0.444. The third kappa shape index (κ3) is 5.26. The van der Waals surface area contributed by atoms with Crippen molar-refractivity contribution >= 4 is 61.5 Å². The first-order valence-corrected chi connectivity index (χ1v) is 14.0. The van der Waals surface area contributed by atoms with Crippen LogP contribution in [0.5, 0.6) is 11.5 Å². The number of methoxy groups -OCH3 is 1. The molecule has 1 heterocycles. The van der Waals surface area contributed by atoms with Crippen molar-refractivity contribution in [2.75, 3.05) is 7.11 Å². The van der Waals surface area contributed by atoms with Crippen LogP contribution in [0.3, 0.4) is 0 Å². The lowest BCUT2D eigenvalue weighted by Crippen LogP contribution is -2.27. The molecule has 0 aromatic heterocycles. The second kappa shape index (κ2) is 10.5. The van der Waals surface area contributed by atoms with Gasteiger partial charge < -0.3 is 8.92 Å². The number of nitrogens with zero attached hydrogens (tertiary/aromatic N) is 1. The predicted octanol–water partition coefficient (Wildman–Crippen LogP) is 6.51. The van der Waals surface area contributed by atoms with Crippen molar-refractivity contribution in [2.24, 2.45) is 0 Å². The Bertz CT molecular complexity index is 1700. The van der Waals surface area contributed by atoms with Gasteiger partial charge in [0.15, 0.2) is 11.5 Å². The van der Waals surface area contributed by atoms with Crippen molar-refractivity contribution in [1.29, 1.82) is 0 Å². The summed E-state index contributed by atoms with van der Waals surface area (Å²) in [6, 6.07) is 23.9. The molecule has 0 radical (unpaired) electrons. The van der Waals surface area contributed by atoms with E-state index in [1.807, 2.05) is 42.5 Å².